The number of aryl methyl sites for hydroxylation is 1. The molecular formula is C20H26ClN3O2. The van der Waals surface area contributed by atoms with Crippen molar-refractivity contribution >= 4 is 17.5 Å². The largest absolute Gasteiger partial charge is 0.490 e. The first kappa shape index (κ1) is 18.8. The van der Waals surface area contributed by atoms with Crippen molar-refractivity contribution in [2.45, 2.75) is 45.1 Å². The second-order valence-corrected chi connectivity index (χ2v) is 8.29. The van der Waals surface area contributed by atoms with Gasteiger partial charge in [0.2, 0.25) is 0 Å². The van der Waals surface area contributed by atoms with Crippen LogP contribution < -0.4 is 4.74 Å². The van der Waals surface area contributed by atoms with Gasteiger partial charge in [-0.15, -0.1) is 0 Å². The Morgan fingerprint density at radius 2 is 1.81 bits per heavy atom. The number of nitrogens with zero attached hydrogens (tertiary/aromatic N) is 3. The molecule has 5 nitrogen and oxygen atoms in total. The van der Waals surface area contributed by atoms with Crippen molar-refractivity contribution in [3.8, 4) is 5.75 Å². The minimum Gasteiger partial charge on any atom is -0.490 e. The SMILES string of the molecule is Cn1nc(C(C)(C)C)cc1C(=O)N1CCC(Oc2ccc(Cl)cc2)CC1. The van der Waals surface area contributed by atoms with Crippen LogP contribution in [0.25, 0.3) is 0 Å². The van der Waals surface area contributed by atoms with Crippen molar-refractivity contribution in [3.63, 3.8) is 0 Å². The van der Waals surface area contributed by atoms with E-state index < -0.39 is 0 Å². The summed E-state index contributed by atoms with van der Waals surface area (Å²) in [5.74, 6) is 0.862. The van der Waals surface area contributed by atoms with Crippen LogP contribution in [0.5, 0.6) is 5.75 Å². The molecule has 2 aromatic rings. The smallest absolute Gasteiger partial charge is 0.272 e. The van der Waals surface area contributed by atoms with Gasteiger partial charge in [-0.3, -0.25) is 9.48 Å². The van der Waals surface area contributed by atoms with E-state index in [9.17, 15) is 4.79 Å². The number of carbonyl (C=O) groups excluding carboxylic acids is 1. The summed E-state index contributed by atoms with van der Waals surface area (Å²) < 4.78 is 7.70. The molecule has 0 aliphatic carbocycles. The maximum Gasteiger partial charge on any atom is 0.272 e. The Labute approximate surface area is 159 Å². The first-order valence-corrected chi connectivity index (χ1v) is 9.38. The number of piperidine rings is 1. The summed E-state index contributed by atoms with van der Waals surface area (Å²) in [5.41, 5.74) is 1.51. The fraction of sp³-hybridized carbons (Fsp3) is 0.500. The molecule has 26 heavy (non-hydrogen) atoms. The quantitative estimate of drug-likeness (QED) is 0.812. The van der Waals surface area contributed by atoms with Gasteiger partial charge in [-0.25, -0.2) is 0 Å². The summed E-state index contributed by atoms with van der Waals surface area (Å²) in [5, 5.41) is 5.21. The van der Waals surface area contributed by atoms with Crippen molar-refractivity contribution in [1.82, 2.24) is 14.7 Å². The summed E-state index contributed by atoms with van der Waals surface area (Å²) in [6.07, 6.45) is 1.76. The Hall–Kier alpha value is -2.01. The van der Waals surface area contributed by atoms with E-state index in [4.69, 9.17) is 16.3 Å². The van der Waals surface area contributed by atoms with Crippen LogP contribution in [-0.4, -0.2) is 39.8 Å². The van der Waals surface area contributed by atoms with Crippen LogP contribution in [0.4, 0.5) is 0 Å². The van der Waals surface area contributed by atoms with Crippen molar-refractivity contribution in [1.29, 1.82) is 0 Å². The molecule has 0 N–H and O–H groups in total. The van der Waals surface area contributed by atoms with Crippen molar-refractivity contribution in [2.24, 2.45) is 7.05 Å². The number of hydrogen-bond donors (Lipinski definition) is 0. The van der Waals surface area contributed by atoms with Crippen molar-refractivity contribution in [3.05, 3.63) is 46.7 Å². The Morgan fingerprint density at radius 3 is 2.35 bits per heavy atom. The molecule has 1 amide bonds. The number of carbonyl (C=O) groups is 1. The predicted molar refractivity (Wildman–Crippen MR) is 103 cm³/mol. The topological polar surface area (TPSA) is 47.4 Å². The first-order chi connectivity index (χ1) is 12.2. The van der Waals surface area contributed by atoms with Gasteiger partial charge in [0.15, 0.2) is 0 Å². The molecule has 6 heteroatoms. The van der Waals surface area contributed by atoms with E-state index in [2.05, 4.69) is 25.9 Å². The molecule has 0 unspecified atom stereocenters. The van der Waals surface area contributed by atoms with E-state index in [1.807, 2.05) is 42.3 Å². The number of benzene rings is 1. The highest BCUT2D eigenvalue weighted by atomic mass is 35.5. The Bertz CT molecular complexity index is 769. The maximum atomic E-state index is 12.9. The summed E-state index contributed by atoms with van der Waals surface area (Å²) >= 11 is 5.90. The van der Waals surface area contributed by atoms with Gasteiger partial charge in [0.1, 0.15) is 17.5 Å². The highest BCUT2D eigenvalue weighted by Crippen LogP contribution is 2.24. The van der Waals surface area contributed by atoms with Gasteiger partial charge in [0, 0.05) is 43.4 Å². The molecule has 140 valence electrons. The highest BCUT2D eigenvalue weighted by Gasteiger charge is 2.28. The molecule has 0 radical (unpaired) electrons. The van der Waals surface area contributed by atoms with Gasteiger partial charge < -0.3 is 9.64 Å². The van der Waals surface area contributed by atoms with Crippen LogP contribution >= 0.6 is 11.6 Å². The molecule has 1 aromatic heterocycles. The van der Waals surface area contributed by atoms with E-state index in [0.717, 1.165) is 24.3 Å². The van der Waals surface area contributed by atoms with Crippen LogP contribution in [0.3, 0.4) is 0 Å². The zero-order chi connectivity index (χ0) is 18.9. The molecule has 1 aliphatic heterocycles. The van der Waals surface area contributed by atoms with Crippen molar-refractivity contribution in [2.75, 3.05) is 13.1 Å². The normalized spacial score (nSPS) is 16.0. The van der Waals surface area contributed by atoms with Crippen LogP contribution in [0.15, 0.2) is 30.3 Å². The summed E-state index contributed by atoms with van der Waals surface area (Å²) in [6, 6.07) is 9.32. The monoisotopic (exact) mass is 375 g/mol. The minimum atomic E-state index is -0.0737. The minimum absolute atomic E-state index is 0.0421. The Balaban J connectivity index is 1.60. The average Bonchev–Trinajstić information content (AvgIpc) is 2.99. The molecule has 1 aromatic carbocycles. The Morgan fingerprint density at radius 1 is 1.19 bits per heavy atom. The van der Waals surface area contributed by atoms with Crippen LogP contribution in [0, 0.1) is 0 Å². The second kappa shape index (κ2) is 7.31. The number of hydrogen-bond acceptors (Lipinski definition) is 3. The lowest BCUT2D eigenvalue weighted by atomic mass is 9.92. The lowest BCUT2D eigenvalue weighted by Gasteiger charge is -2.32. The van der Waals surface area contributed by atoms with Crippen LogP contribution in [-0.2, 0) is 12.5 Å². The van der Waals surface area contributed by atoms with Crippen LogP contribution in [0.2, 0.25) is 5.02 Å². The fourth-order valence-electron chi connectivity index (χ4n) is 3.08. The number of likely N-dealkylation sites (tertiary alicyclic amines) is 1. The van der Waals surface area contributed by atoms with Gasteiger partial charge in [0.25, 0.3) is 5.91 Å². The molecule has 0 atom stereocenters. The molecule has 0 bridgehead atoms. The molecule has 1 aliphatic rings. The van der Waals surface area contributed by atoms with E-state index in [1.165, 1.54) is 0 Å². The first-order valence-electron chi connectivity index (χ1n) is 9.00. The fourth-order valence-corrected chi connectivity index (χ4v) is 3.20. The van der Waals surface area contributed by atoms with Gasteiger partial charge in [0.05, 0.1) is 5.69 Å². The molecular weight excluding hydrogens is 350 g/mol. The third kappa shape index (κ3) is 4.21. The number of aromatic nitrogens is 2. The molecule has 3 rings (SSSR count). The number of ether oxygens (including phenoxy) is 1. The van der Waals surface area contributed by atoms with E-state index in [-0.39, 0.29) is 17.4 Å². The molecule has 0 saturated carbocycles. The standard InChI is InChI=1S/C20H26ClN3O2/c1-20(2,3)18-13-17(23(4)22-18)19(25)24-11-9-16(10-12-24)26-15-7-5-14(21)6-8-15/h5-8,13,16H,9-12H2,1-4H3. The van der Waals surface area contributed by atoms with Gasteiger partial charge in [-0.1, -0.05) is 32.4 Å². The van der Waals surface area contributed by atoms with Gasteiger partial charge in [-0.2, -0.15) is 5.10 Å². The van der Waals surface area contributed by atoms with Gasteiger partial charge >= 0.3 is 0 Å². The average molecular weight is 376 g/mol. The van der Waals surface area contributed by atoms with E-state index in [1.54, 1.807) is 4.68 Å². The van der Waals surface area contributed by atoms with Crippen molar-refractivity contribution < 1.29 is 9.53 Å². The molecule has 2 heterocycles. The summed E-state index contributed by atoms with van der Waals surface area (Å²) in [4.78, 5) is 14.8. The molecule has 1 saturated heterocycles. The third-order valence-electron chi connectivity index (χ3n) is 4.71. The van der Waals surface area contributed by atoms with Gasteiger partial charge in [-0.05, 0) is 30.3 Å². The molecule has 1 fully saturated rings. The number of halogens is 1. The zero-order valence-electron chi connectivity index (χ0n) is 15.8. The maximum absolute atomic E-state index is 12.9. The lowest BCUT2D eigenvalue weighted by molar-refractivity contribution is 0.0585. The number of rotatable bonds is 3. The van der Waals surface area contributed by atoms with Crippen LogP contribution in [0.1, 0.15) is 49.8 Å². The van der Waals surface area contributed by atoms with E-state index in [0.29, 0.717) is 23.8 Å². The number of amides is 1. The summed E-state index contributed by atoms with van der Waals surface area (Å²) in [6.45, 7) is 7.68. The Kier molecular flexibility index (Phi) is 5.28. The molecule has 0 spiro atoms. The predicted octanol–water partition coefficient (Wildman–Crippen LogP) is 4.05. The lowest BCUT2D eigenvalue weighted by Crippen LogP contribution is -2.42. The van der Waals surface area contributed by atoms with E-state index >= 15 is 0 Å². The third-order valence-corrected chi connectivity index (χ3v) is 4.96. The second-order valence-electron chi connectivity index (χ2n) is 7.85. The summed E-state index contributed by atoms with van der Waals surface area (Å²) in [7, 11) is 1.83. The highest BCUT2D eigenvalue weighted by molar-refractivity contribution is 6.30. The zero-order valence-corrected chi connectivity index (χ0v) is 16.6.